The first-order valence-electron chi connectivity index (χ1n) is 8.64. The summed E-state index contributed by atoms with van der Waals surface area (Å²) >= 11 is 0. The lowest BCUT2D eigenvalue weighted by Crippen LogP contribution is -2.34. The standard InChI is InChI=1S/C20H14N4O3/c25-17-11-15(12-5-8-21-9-6-12)22-18-16(7-10-23(17)18)24-19(26)13-3-1-2-4-14(13)20(24)27/h1-6,8-9,11,16H,7,10H2. The van der Waals surface area contributed by atoms with Crippen LogP contribution < -0.4 is 5.56 Å². The summed E-state index contributed by atoms with van der Waals surface area (Å²) in [5.74, 6) is -0.223. The summed E-state index contributed by atoms with van der Waals surface area (Å²) in [4.78, 5) is 48.1. The van der Waals surface area contributed by atoms with Crippen LogP contribution in [0.5, 0.6) is 0 Å². The van der Waals surface area contributed by atoms with E-state index in [4.69, 9.17) is 0 Å². The topological polar surface area (TPSA) is 85.2 Å². The molecule has 4 heterocycles. The molecule has 27 heavy (non-hydrogen) atoms. The van der Waals surface area contributed by atoms with E-state index in [2.05, 4.69) is 9.97 Å². The van der Waals surface area contributed by atoms with Crippen LogP contribution in [0.3, 0.4) is 0 Å². The first kappa shape index (κ1) is 15.6. The lowest BCUT2D eigenvalue weighted by Gasteiger charge is -2.21. The highest BCUT2D eigenvalue weighted by molar-refractivity contribution is 6.21. The van der Waals surface area contributed by atoms with Crippen LogP contribution in [0.1, 0.15) is 39.0 Å². The summed E-state index contributed by atoms with van der Waals surface area (Å²) < 4.78 is 1.54. The van der Waals surface area contributed by atoms with E-state index in [1.54, 1.807) is 53.4 Å². The number of fused-ring (bicyclic) bond motifs is 2. The van der Waals surface area contributed by atoms with E-state index in [1.807, 2.05) is 0 Å². The Balaban J connectivity index is 1.61. The molecule has 2 amide bonds. The van der Waals surface area contributed by atoms with E-state index in [9.17, 15) is 14.4 Å². The van der Waals surface area contributed by atoms with Crippen molar-refractivity contribution in [1.82, 2.24) is 19.4 Å². The van der Waals surface area contributed by atoms with E-state index in [1.165, 1.54) is 11.0 Å². The van der Waals surface area contributed by atoms with Crippen molar-refractivity contribution in [2.75, 3.05) is 0 Å². The van der Waals surface area contributed by atoms with Crippen molar-refractivity contribution in [3.05, 3.63) is 82.2 Å². The number of amides is 2. The van der Waals surface area contributed by atoms with Gasteiger partial charge in [0.25, 0.3) is 17.4 Å². The van der Waals surface area contributed by atoms with Gasteiger partial charge in [-0.2, -0.15) is 0 Å². The molecule has 2 aromatic heterocycles. The Kier molecular flexibility index (Phi) is 3.30. The molecule has 0 spiro atoms. The molecule has 0 fully saturated rings. The number of rotatable bonds is 2. The van der Waals surface area contributed by atoms with Crippen LogP contribution in [0.25, 0.3) is 11.3 Å². The van der Waals surface area contributed by atoms with E-state index < -0.39 is 6.04 Å². The van der Waals surface area contributed by atoms with Crippen molar-refractivity contribution in [3.8, 4) is 11.3 Å². The van der Waals surface area contributed by atoms with Crippen molar-refractivity contribution >= 4 is 11.8 Å². The van der Waals surface area contributed by atoms with E-state index in [0.29, 0.717) is 35.6 Å². The fraction of sp³-hybridized carbons (Fsp3) is 0.150. The lowest BCUT2D eigenvalue weighted by molar-refractivity contribution is 0.0579. The van der Waals surface area contributed by atoms with Crippen molar-refractivity contribution in [1.29, 1.82) is 0 Å². The molecule has 5 rings (SSSR count). The van der Waals surface area contributed by atoms with Gasteiger partial charge in [-0.05, 0) is 30.7 Å². The van der Waals surface area contributed by atoms with Gasteiger partial charge < -0.3 is 0 Å². The molecule has 0 saturated heterocycles. The summed E-state index contributed by atoms with van der Waals surface area (Å²) in [5.41, 5.74) is 1.88. The SMILES string of the molecule is O=C1c2ccccc2C(=O)N1C1CCn2c1nc(-c1ccncc1)cc2=O. The first-order valence-corrected chi connectivity index (χ1v) is 8.64. The zero-order chi connectivity index (χ0) is 18.5. The van der Waals surface area contributed by atoms with Gasteiger partial charge in [-0.25, -0.2) is 4.98 Å². The molecule has 1 aromatic carbocycles. The zero-order valence-electron chi connectivity index (χ0n) is 14.2. The molecule has 0 aliphatic carbocycles. The van der Waals surface area contributed by atoms with Gasteiger partial charge in [0, 0.05) is 30.6 Å². The Morgan fingerprint density at radius 3 is 2.26 bits per heavy atom. The minimum absolute atomic E-state index is 0.189. The summed E-state index contributed by atoms with van der Waals surface area (Å²) in [7, 11) is 0. The zero-order valence-corrected chi connectivity index (χ0v) is 14.2. The number of aromatic nitrogens is 3. The number of pyridine rings is 1. The number of hydrogen-bond donors (Lipinski definition) is 0. The molecule has 1 atom stereocenters. The number of nitrogens with zero attached hydrogens (tertiary/aromatic N) is 4. The molecule has 2 aliphatic heterocycles. The lowest BCUT2D eigenvalue weighted by atomic mass is 10.1. The highest BCUT2D eigenvalue weighted by atomic mass is 16.2. The van der Waals surface area contributed by atoms with Crippen molar-refractivity contribution in [3.63, 3.8) is 0 Å². The van der Waals surface area contributed by atoms with Crippen LogP contribution in [-0.2, 0) is 6.54 Å². The van der Waals surface area contributed by atoms with Crippen LogP contribution in [-0.4, -0.2) is 31.2 Å². The predicted molar refractivity (Wildman–Crippen MR) is 96.0 cm³/mol. The molecule has 7 nitrogen and oxygen atoms in total. The Morgan fingerprint density at radius 1 is 0.926 bits per heavy atom. The largest absolute Gasteiger partial charge is 0.295 e. The molecular weight excluding hydrogens is 344 g/mol. The van der Waals surface area contributed by atoms with Crippen molar-refractivity contribution in [2.45, 2.75) is 19.0 Å². The van der Waals surface area contributed by atoms with Gasteiger partial charge in [0.2, 0.25) is 0 Å². The second-order valence-corrected chi connectivity index (χ2v) is 6.56. The van der Waals surface area contributed by atoms with Gasteiger partial charge in [-0.1, -0.05) is 12.1 Å². The number of benzene rings is 1. The number of hydrogen-bond acceptors (Lipinski definition) is 5. The van der Waals surface area contributed by atoms with Crippen molar-refractivity contribution < 1.29 is 9.59 Å². The Bertz CT molecular complexity index is 1120. The smallest absolute Gasteiger partial charge is 0.262 e. The Labute approximate surface area is 153 Å². The normalized spacial score (nSPS) is 17.9. The summed E-state index contributed by atoms with van der Waals surface area (Å²) in [6.45, 7) is 0.426. The maximum Gasteiger partial charge on any atom is 0.262 e. The van der Waals surface area contributed by atoms with Gasteiger partial charge in [0.05, 0.1) is 16.8 Å². The third-order valence-electron chi connectivity index (χ3n) is 5.08. The molecular formula is C20H14N4O3. The maximum absolute atomic E-state index is 12.8. The minimum atomic E-state index is -0.549. The Morgan fingerprint density at radius 2 is 1.59 bits per heavy atom. The van der Waals surface area contributed by atoms with E-state index in [-0.39, 0.29) is 17.4 Å². The summed E-state index contributed by atoms with van der Waals surface area (Å²) in [6.07, 6.45) is 3.74. The van der Waals surface area contributed by atoms with Gasteiger partial charge in [0.1, 0.15) is 11.9 Å². The van der Waals surface area contributed by atoms with Crippen LogP contribution in [0.4, 0.5) is 0 Å². The molecule has 3 aromatic rings. The van der Waals surface area contributed by atoms with Gasteiger partial charge in [0.15, 0.2) is 0 Å². The number of carbonyl (C=O) groups is 2. The molecule has 0 N–H and O–H groups in total. The molecule has 0 radical (unpaired) electrons. The fourth-order valence-corrected chi connectivity index (χ4v) is 3.79. The van der Waals surface area contributed by atoms with Gasteiger partial charge in [-0.15, -0.1) is 0 Å². The average molecular weight is 358 g/mol. The molecule has 132 valence electrons. The highest BCUT2D eigenvalue weighted by Gasteiger charge is 2.43. The van der Waals surface area contributed by atoms with Gasteiger partial charge in [-0.3, -0.25) is 28.8 Å². The van der Waals surface area contributed by atoms with E-state index in [0.717, 1.165) is 5.56 Å². The van der Waals surface area contributed by atoms with E-state index >= 15 is 0 Å². The fourth-order valence-electron chi connectivity index (χ4n) is 3.79. The quantitative estimate of drug-likeness (QED) is 0.655. The molecule has 2 aliphatic rings. The number of imide groups is 1. The third-order valence-corrected chi connectivity index (χ3v) is 5.08. The van der Waals surface area contributed by atoms with Crippen molar-refractivity contribution in [2.24, 2.45) is 0 Å². The third kappa shape index (κ3) is 2.25. The summed E-state index contributed by atoms with van der Waals surface area (Å²) in [5, 5.41) is 0. The van der Waals surface area contributed by atoms with Crippen LogP contribution in [0.2, 0.25) is 0 Å². The highest BCUT2D eigenvalue weighted by Crippen LogP contribution is 2.36. The van der Waals surface area contributed by atoms with Gasteiger partial charge >= 0.3 is 0 Å². The first-order chi connectivity index (χ1) is 13.1. The minimum Gasteiger partial charge on any atom is -0.295 e. The second kappa shape index (κ2) is 5.70. The average Bonchev–Trinajstić information content (AvgIpc) is 3.22. The summed E-state index contributed by atoms with van der Waals surface area (Å²) in [6, 6.07) is 11.2. The number of carbonyl (C=O) groups excluding carboxylic acids is 2. The molecule has 0 bridgehead atoms. The van der Waals surface area contributed by atoms with Crippen LogP contribution >= 0.6 is 0 Å². The monoisotopic (exact) mass is 358 g/mol. The van der Waals surface area contributed by atoms with Crippen LogP contribution in [0, 0.1) is 0 Å². The predicted octanol–water partition coefficient (Wildman–Crippen LogP) is 2.05. The molecule has 7 heteroatoms. The Hall–Kier alpha value is -3.61. The second-order valence-electron chi connectivity index (χ2n) is 6.56. The molecule has 0 saturated carbocycles. The van der Waals surface area contributed by atoms with Crippen LogP contribution in [0.15, 0.2) is 59.7 Å². The molecule has 1 unspecified atom stereocenters. The maximum atomic E-state index is 12.8.